The van der Waals surface area contributed by atoms with E-state index in [2.05, 4.69) is 4.74 Å². The summed E-state index contributed by atoms with van der Waals surface area (Å²) < 4.78 is 4.29. The van der Waals surface area contributed by atoms with Gasteiger partial charge in [-0.3, -0.25) is 9.59 Å². The minimum Gasteiger partial charge on any atom is -0.480 e. The molecule has 64 valence electrons. The van der Waals surface area contributed by atoms with Crippen molar-refractivity contribution in [1.82, 2.24) is 0 Å². The second kappa shape index (κ2) is 4.68. The van der Waals surface area contributed by atoms with Crippen LogP contribution in [0.15, 0.2) is 0 Å². The van der Waals surface area contributed by atoms with E-state index in [-0.39, 0.29) is 12.8 Å². The summed E-state index contributed by atoms with van der Waals surface area (Å²) in [4.78, 5) is 20.6. The highest BCUT2D eigenvalue weighted by molar-refractivity contribution is 5.75. The topological polar surface area (TPSA) is 89.6 Å². The number of carbonyl (C=O) groups excluding carboxylic acids is 1. The maximum atomic E-state index is 10.5. The first-order chi connectivity index (χ1) is 5.07. The van der Waals surface area contributed by atoms with Crippen LogP contribution in [0.2, 0.25) is 0 Å². The van der Waals surface area contributed by atoms with Gasteiger partial charge in [-0.15, -0.1) is 0 Å². The first kappa shape index (κ1) is 9.90. The van der Waals surface area contributed by atoms with Crippen LogP contribution in [0.25, 0.3) is 0 Å². The smallest absolute Gasteiger partial charge is 0.320 e. The van der Waals surface area contributed by atoms with E-state index in [1.165, 1.54) is 7.11 Å². The Labute approximate surface area is 64.1 Å². The Hall–Kier alpha value is -1.10. The van der Waals surface area contributed by atoms with Crippen molar-refractivity contribution in [1.29, 1.82) is 0 Å². The highest BCUT2D eigenvalue weighted by atomic mass is 16.5. The van der Waals surface area contributed by atoms with Crippen LogP contribution in [-0.2, 0) is 14.3 Å². The second-order valence-corrected chi connectivity index (χ2v) is 2.06. The molecule has 5 heteroatoms. The van der Waals surface area contributed by atoms with Gasteiger partial charge in [0.15, 0.2) is 0 Å². The third kappa shape index (κ3) is 4.32. The molecule has 0 aliphatic carbocycles. The summed E-state index contributed by atoms with van der Waals surface area (Å²) in [5.41, 5.74) is 5.11. The van der Waals surface area contributed by atoms with Crippen LogP contribution in [0.1, 0.15) is 12.8 Å². The molecule has 0 heterocycles. The molecule has 3 N–H and O–H groups in total. The molecule has 0 saturated heterocycles. The summed E-state index contributed by atoms with van der Waals surface area (Å²) >= 11 is 0. The van der Waals surface area contributed by atoms with Crippen LogP contribution in [0.3, 0.4) is 0 Å². The number of carbonyl (C=O) groups is 2. The highest BCUT2D eigenvalue weighted by Gasteiger charge is 2.12. The molecule has 0 aromatic rings. The van der Waals surface area contributed by atoms with Crippen molar-refractivity contribution in [3.63, 3.8) is 0 Å². The van der Waals surface area contributed by atoms with Crippen molar-refractivity contribution in [2.24, 2.45) is 5.73 Å². The van der Waals surface area contributed by atoms with Crippen LogP contribution >= 0.6 is 0 Å². The van der Waals surface area contributed by atoms with Gasteiger partial charge in [-0.2, -0.15) is 0 Å². The zero-order valence-corrected chi connectivity index (χ0v) is 6.24. The molecule has 0 bridgehead atoms. The number of carboxylic acid groups (broad SMARTS) is 1. The number of aliphatic carboxylic acids is 1. The Morgan fingerprint density at radius 2 is 2.18 bits per heavy atom. The van der Waals surface area contributed by atoms with Crippen molar-refractivity contribution in [2.45, 2.75) is 18.9 Å². The average molecular weight is 162 g/mol. The Morgan fingerprint density at radius 3 is 2.55 bits per heavy atom. The van der Waals surface area contributed by atoms with Gasteiger partial charge < -0.3 is 15.6 Å². The van der Waals surface area contributed by atoms with Crippen molar-refractivity contribution < 1.29 is 19.4 Å². The molecular formula is C6H11NO4. The molecule has 0 amide bonds. The number of hydrogen-bond acceptors (Lipinski definition) is 4. The van der Waals surface area contributed by atoms with Crippen LogP contribution in [0.4, 0.5) is 0 Å². The zero-order chi connectivity index (χ0) is 8.85. The fraction of sp³-hybridized carbons (Fsp3) is 0.667. The van der Waals surface area contributed by atoms with Gasteiger partial charge in [-0.1, -0.05) is 0 Å². The molecule has 0 spiro atoms. The van der Waals surface area contributed by atoms with E-state index in [0.29, 0.717) is 0 Å². The number of esters is 1. The van der Waals surface area contributed by atoms with Gasteiger partial charge in [0.05, 0.1) is 7.11 Å². The van der Waals surface area contributed by atoms with E-state index in [1.807, 2.05) is 0 Å². The molecule has 0 aromatic carbocycles. The molecule has 0 saturated carbocycles. The molecule has 5 nitrogen and oxygen atoms in total. The number of carboxylic acids is 1. The predicted molar refractivity (Wildman–Crippen MR) is 36.9 cm³/mol. The lowest BCUT2D eigenvalue weighted by Gasteiger charge is -2.03. The Balaban J connectivity index is 3.54. The van der Waals surface area contributed by atoms with Crippen LogP contribution in [-0.4, -0.2) is 30.2 Å². The van der Waals surface area contributed by atoms with Crippen LogP contribution in [0, 0.1) is 0 Å². The summed E-state index contributed by atoms with van der Waals surface area (Å²) in [6.07, 6.45) is 0.159. The standard InChI is InChI=1S/C6H11NO4/c1-11-5(8)3-2-4(7)6(9)10/h4H,2-3,7H2,1H3,(H,9,10)/t4-/m0/s1/i3+1. The molecule has 11 heavy (non-hydrogen) atoms. The third-order valence-electron chi connectivity index (χ3n) is 1.20. The van der Waals surface area contributed by atoms with Gasteiger partial charge >= 0.3 is 11.9 Å². The van der Waals surface area contributed by atoms with Gasteiger partial charge in [0.2, 0.25) is 0 Å². The first-order valence-corrected chi connectivity index (χ1v) is 3.13. The Kier molecular flexibility index (Phi) is 4.21. The molecule has 0 rings (SSSR count). The Bertz CT molecular complexity index is 157. The predicted octanol–water partition coefficient (Wildman–Crippen LogP) is -0.648. The van der Waals surface area contributed by atoms with E-state index in [1.54, 1.807) is 0 Å². The maximum absolute atomic E-state index is 10.5. The average Bonchev–Trinajstić information content (AvgIpc) is 1.99. The summed E-state index contributed by atoms with van der Waals surface area (Å²) in [5.74, 6) is -1.55. The lowest BCUT2D eigenvalue weighted by Crippen LogP contribution is -2.30. The number of ether oxygens (including phenoxy) is 1. The lowest BCUT2D eigenvalue weighted by molar-refractivity contribution is -0.141. The van der Waals surface area contributed by atoms with Crippen LogP contribution < -0.4 is 5.73 Å². The van der Waals surface area contributed by atoms with Gasteiger partial charge in [-0.25, -0.2) is 0 Å². The molecule has 1 atom stereocenters. The molecular weight excluding hydrogens is 151 g/mol. The van der Waals surface area contributed by atoms with Crippen molar-refractivity contribution >= 4 is 11.9 Å². The molecule has 0 aliphatic heterocycles. The largest absolute Gasteiger partial charge is 0.480 e. The van der Waals surface area contributed by atoms with Gasteiger partial charge in [0.25, 0.3) is 0 Å². The molecule has 0 fully saturated rings. The quantitative estimate of drug-likeness (QED) is 0.423. The van der Waals surface area contributed by atoms with E-state index >= 15 is 0 Å². The van der Waals surface area contributed by atoms with E-state index in [0.717, 1.165) is 0 Å². The maximum Gasteiger partial charge on any atom is 0.320 e. The summed E-state index contributed by atoms with van der Waals surface area (Å²) in [6, 6.07) is -0.978. The minimum atomic E-state index is -1.10. The van der Waals surface area contributed by atoms with Crippen molar-refractivity contribution in [2.75, 3.05) is 7.11 Å². The van der Waals surface area contributed by atoms with E-state index < -0.39 is 18.0 Å². The van der Waals surface area contributed by atoms with Gasteiger partial charge in [-0.05, 0) is 6.42 Å². The number of hydrogen-bond donors (Lipinski definition) is 2. The SMILES string of the molecule is COC(=O)[13CH2]C[C@H](N)C(=O)O. The summed E-state index contributed by atoms with van der Waals surface area (Å²) in [5, 5.41) is 8.29. The number of nitrogens with two attached hydrogens (primary N) is 1. The van der Waals surface area contributed by atoms with Crippen molar-refractivity contribution in [3.05, 3.63) is 0 Å². The highest BCUT2D eigenvalue weighted by Crippen LogP contribution is 1.95. The molecule has 0 aromatic heterocycles. The van der Waals surface area contributed by atoms with E-state index in [9.17, 15) is 9.59 Å². The second-order valence-electron chi connectivity index (χ2n) is 2.06. The third-order valence-corrected chi connectivity index (χ3v) is 1.20. The Morgan fingerprint density at radius 1 is 1.64 bits per heavy atom. The van der Waals surface area contributed by atoms with Gasteiger partial charge in [0, 0.05) is 6.42 Å². The summed E-state index contributed by atoms with van der Waals surface area (Å²) in [6.45, 7) is 0. The van der Waals surface area contributed by atoms with E-state index in [4.69, 9.17) is 10.8 Å². The lowest BCUT2D eigenvalue weighted by atomic mass is 10.3. The monoisotopic (exact) mass is 162 g/mol. The zero-order valence-electron chi connectivity index (χ0n) is 6.24. The molecule has 0 aliphatic rings. The molecule has 0 radical (unpaired) electrons. The summed E-state index contributed by atoms with van der Waals surface area (Å²) in [7, 11) is 1.24. The van der Waals surface area contributed by atoms with Crippen LogP contribution in [0.5, 0.6) is 0 Å². The van der Waals surface area contributed by atoms with Gasteiger partial charge in [0.1, 0.15) is 6.04 Å². The van der Waals surface area contributed by atoms with Crippen molar-refractivity contribution in [3.8, 4) is 0 Å². The number of methoxy groups -OCH3 is 1. The number of rotatable bonds is 4. The fourth-order valence-electron chi connectivity index (χ4n) is 0.499. The minimum absolute atomic E-state index is 0.0456. The normalized spacial score (nSPS) is 12.2. The fourth-order valence-corrected chi connectivity index (χ4v) is 0.499. The first-order valence-electron chi connectivity index (χ1n) is 3.13. The molecule has 0 unspecified atom stereocenters.